The van der Waals surface area contributed by atoms with Crippen LogP contribution in [0, 0.1) is 0 Å². The van der Waals surface area contributed by atoms with Crippen LogP contribution in [0.15, 0.2) is 48.8 Å². The van der Waals surface area contributed by atoms with Crippen molar-refractivity contribution in [2.45, 2.75) is 6.61 Å². The molecule has 0 radical (unpaired) electrons. The molecular weight excluding hydrogens is 288 g/mol. The molecule has 0 unspecified atom stereocenters. The predicted molar refractivity (Wildman–Crippen MR) is 81.9 cm³/mol. The van der Waals surface area contributed by atoms with Crippen LogP contribution in [0.2, 0.25) is 5.15 Å². The van der Waals surface area contributed by atoms with E-state index in [0.717, 1.165) is 22.2 Å². The number of ether oxygens (including phenoxy) is 2. The smallest absolute Gasteiger partial charge is 0.133 e. The monoisotopic (exact) mass is 300 g/mol. The van der Waals surface area contributed by atoms with E-state index in [1.807, 2.05) is 24.3 Å². The molecule has 21 heavy (non-hydrogen) atoms. The second-order valence-corrected chi connectivity index (χ2v) is 4.86. The van der Waals surface area contributed by atoms with Crippen molar-refractivity contribution >= 4 is 22.5 Å². The number of hydrogen-bond donors (Lipinski definition) is 0. The maximum atomic E-state index is 6.02. The van der Waals surface area contributed by atoms with Gasteiger partial charge in [0.25, 0.3) is 0 Å². The minimum Gasteiger partial charge on any atom is -0.497 e. The second kappa shape index (κ2) is 5.97. The molecular formula is C16H13ClN2O2. The molecule has 0 bridgehead atoms. The molecule has 0 saturated heterocycles. The molecule has 0 fully saturated rings. The second-order valence-electron chi connectivity index (χ2n) is 4.47. The van der Waals surface area contributed by atoms with Crippen LogP contribution < -0.4 is 9.47 Å². The van der Waals surface area contributed by atoms with Crippen LogP contribution in [0.3, 0.4) is 0 Å². The van der Waals surface area contributed by atoms with Gasteiger partial charge in [-0.05, 0) is 23.8 Å². The summed E-state index contributed by atoms with van der Waals surface area (Å²) in [6, 6.07) is 11.2. The zero-order valence-corrected chi connectivity index (χ0v) is 12.2. The first kappa shape index (κ1) is 13.6. The van der Waals surface area contributed by atoms with Crippen LogP contribution >= 0.6 is 11.6 Å². The van der Waals surface area contributed by atoms with Crippen molar-refractivity contribution in [3.63, 3.8) is 0 Å². The summed E-state index contributed by atoms with van der Waals surface area (Å²) in [5, 5.41) is 1.24. The maximum Gasteiger partial charge on any atom is 0.133 e. The van der Waals surface area contributed by atoms with Gasteiger partial charge in [0.05, 0.1) is 18.0 Å². The minimum atomic E-state index is 0.401. The van der Waals surface area contributed by atoms with Crippen molar-refractivity contribution in [3.05, 3.63) is 59.5 Å². The summed E-state index contributed by atoms with van der Waals surface area (Å²) in [4.78, 5) is 8.34. The highest BCUT2D eigenvalue weighted by molar-refractivity contribution is 6.30. The average molecular weight is 301 g/mol. The lowest BCUT2D eigenvalue weighted by Crippen LogP contribution is -1.97. The minimum absolute atomic E-state index is 0.401. The summed E-state index contributed by atoms with van der Waals surface area (Å²) < 4.78 is 11.0. The molecule has 0 atom stereocenters. The van der Waals surface area contributed by atoms with E-state index in [1.165, 1.54) is 0 Å². The van der Waals surface area contributed by atoms with Gasteiger partial charge in [-0.1, -0.05) is 23.7 Å². The Morgan fingerprint density at radius 3 is 2.71 bits per heavy atom. The molecule has 4 nitrogen and oxygen atoms in total. The summed E-state index contributed by atoms with van der Waals surface area (Å²) in [6.07, 6.45) is 3.40. The van der Waals surface area contributed by atoms with E-state index >= 15 is 0 Å². The van der Waals surface area contributed by atoms with Crippen LogP contribution in [0.25, 0.3) is 10.9 Å². The predicted octanol–water partition coefficient (Wildman–Crippen LogP) is 3.87. The Morgan fingerprint density at radius 1 is 1.14 bits per heavy atom. The van der Waals surface area contributed by atoms with Crippen LogP contribution in [-0.4, -0.2) is 17.1 Å². The van der Waals surface area contributed by atoms with Crippen molar-refractivity contribution in [1.82, 2.24) is 9.97 Å². The molecule has 0 aliphatic heterocycles. The molecule has 0 aliphatic rings. The Labute approximate surface area is 127 Å². The molecule has 2 heterocycles. The number of pyridine rings is 2. The fourth-order valence-electron chi connectivity index (χ4n) is 2.01. The molecule has 0 saturated carbocycles. The fourth-order valence-corrected chi connectivity index (χ4v) is 2.20. The zero-order chi connectivity index (χ0) is 14.7. The van der Waals surface area contributed by atoms with Gasteiger partial charge in [-0.2, -0.15) is 0 Å². The lowest BCUT2D eigenvalue weighted by Gasteiger charge is -2.10. The van der Waals surface area contributed by atoms with Crippen molar-refractivity contribution in [1.29, 1.82) is 0 Å². The molecule has 0 amide bonds. The van der Waals surface area contributed by atoms with E-state index in [-0.39, 0.29) is 0 Å². The molecule has 1 aromatic carbocycles. The molecule has 106 valence electrons. The first-order valence-electron chi connectivity index (χ1n) is 6.42. The molecule has 3 aromatic rings. The summed E-state index contributed by atoms with van der Waals surface area (Å²) in [5.74, 6) is 1.49. The highest BCUT2D eigenvalue weighted by Gasteiger charge is 2.06. The molecule has 3 rings (SSSR count). The Hall–Kier alpha value is -2.33. The fraction of sp³-hybridized carbons (Fsp3) is 0.125. The van der Waals surface area contributed by atoms with Gasteiger partial charge in [0.15, 0.2) is 0 Å². The van der Waals surface area contributed by atoms with Crippen molar-refractivity contribution in [3.8, 4) is 11.5 Å². The zero-order valence-electron chi connectivity index (χ0n) is 11.4. The molecule has 2 aromatic heterocycles. The number of hydrogen-bond acceptors (Lipinski definition) is 4. The lowest BCUT2D eigenvalue weighted by atomic mass is 10.2. The van der Waals surface area contributed by atoms with Gasteiger partial charge in [0.2, 0.25) is 0 Å². The largest absolute Gasteiger partial charge is 0.497 e. The third-order valence-electron chi connectivity index (χ3n) is 3.09. The van der Waals surface area contributed by atoms with Gasteiger partial charge in [-0.25, -0.2) is 4.98 Å². The van der Waals surface area contributed by atoms with E-state index in [4.69, 9.17) is 21.1 Å². The highest BCUT2D eigenvalue weighted by Crippen LogP contribution is 2.27. The lowest BCUT2D eigenvalue weighted by molar-refractivity contribution is 0.309. The summed E-state index contributed by atoms with van der Waals surface area (Å²) in [5.41, 5.74) is 1.81. The topological polar surface area (TPSA) is 44.2 Å². The third kappa shape index (κ3) is 3.06. The number of rotatable bonds is 4. The number of benzene rings is 1. The number of nitrogens with zero attached hydrogens (tertiary/aromatic N) is 2. The van der Waals surface area contributed by atoms with Crippen molar-refractivity contribution in [2.24, 2.45) is 0 Å². The van der Waals surface area contributed by atoms with Gasteiger partial charge >= 0.3 is 0 Å². The Balaban J connectivity index is 1.84. The first-order chi connectivity index (χ1) is 10.3. The SMILES string of the molecule is COc1ccc(COc2cc(Cl)nc3ccncc23)cc1. The van der Waals surface area contributed by atoms with E-state index in [9.17, 15) is 0 Å². The number of halogens is 1. The summed E-state index contributed by atoms with van der Waals surface area (Å²) in [7, 11) is 1.64. The third-order valence-corrected chi connectivity index (χ3v) is 3.29. The Bertz CT molecular complexity index is 760. The summed E-state index contributed by atoms with van der Waals surface area (Å²) >= 11 is 6.02. The molecule has 5 heteroatoms. The summed E-state index contributed by atoms with van der Waals surface area (Å²) in [6.45, 7) is 0.439. The van der Waals surface area contributed by atoms with Gasteiger partial charge in [0.1, 0.15) is 23.3 Å². The van der Waals surface area contributed by atoms with Crippen molar-refractivity contribution < 1.29 is 9.47 Å². The first-order valence-corrected chi connectivity index (χ1v) is 6.80. The van der Waals surface area contributed by atoms with Crippen LogP contribution in [-0.2, 0) is 6.61 Å². The number of aromatic nitrogens is 2. The van der Waals surface area contributed by atoms with Crippen LogP contribution in [0.5, 0.6) is 11.5 Å². The highest BCUT2D eigenvalue weighted by atomic mass is 35.5. The van der Waals surface area contributed by atoms with Crippen LogP contribution in [0.4, 0.5) is 0 Å². The number of fused-ring (bicyclic) bond motifs is 1. The van der Waals surface area contributed by atoms with E-state index < -0.39 is 0 Å². The Morgan fingerprint density at radius 2 is 1.95 bits per heavy atom. The number of methoxy groups -OCH3 is 1. The van der Waals surface area contributed by atoms with Gasteiger partial charge in [-0.3, -0.25) is 4.98 Å². The molecule has 0 spiro atoms. The van der Waals surface area contributed by atoms with Crippen LogP contribution in [0.1, 0.15) is 5.56 Å². The molecule has 0 N–H and O–H groups in total. The maximum absolute atomic E-state index is 6.02. The van der Waals surface area contributed by atoms with E-state index in [2.05, 4.69) is 9.97 Å². The standard InChI is InChI=1S/C16H13ClN2O2/c1-20-12-4-2-11(3-5-12)10-21-15-8-16(17)19-14-6-7-18-9-13(14)15/h2-9H,10H2,1H3. The van der Waals surface area contributed by atoms with E-state index in [0.29, 0.717) is 17.5 Å². The van der Waals surface area contributed by atoms with Crippen molar-refractivity contribution in [2.75, 3.05) is 7.11 Å². The van der Waals surface area contributed by atoms with Gasteiger partial charge < -0.3 is 9.47 Å². The van der Waals surface area contributed by atoms with E-state index in [1.54, 1.807) is 31.6 Å². The molecule has 0 aliphatic carbocycles. The average Bonchev–Trinajstić information content (AvgIpc) is 2.53. The quantitative estimate of drug-likeness (QED) is 0.686. The normalized spacial score (nSPS) is 10.6. The Kier molecular flexibility index (Phi) is 3.88. The van der Waals surface area contributed by atoms with Gasteiger partial charge in [0, 0.05) is 18.5 Å². The van der Waals surface area contributed by atoms with Gasteiger partial charge in [-0.15, -0.1) is 0 Å².